The van der Waals surface area contributed by atoms with Crippen LogP contribution in [0.3, 0.4) is 0 Å². The van der Waals surface area contributed by atoms with E-state index in [0.717, 1.165) is 17.8 Å². The molecule has 3 N–H and O–H groups in total. The fourth-order valence-electron chi connectivity index (χ4n) is 4.84. The number of amides is 1. The summed E-state index contributed by atoms with van der Waals surface area (Å²) in [6.07, 6.45) is -4.21. The zero-order valence-electron chi connectivity index (χ0n) is 20.3. The van der Waals surface area contributed by atoms with E-state index in [9.17, 15) is 22.8 Å². The molecule has 5 rings (SSSR count). The number of esters is 1. The molecule has 3 aromatic rings. The van der Waals surface area contributed by atoms with E-state index < -0.39 is 17.7 Å². The first-order chi connectivity index (χ1) is 17.5. The number of benzene rings is 1. The number of nitrogens with zero attached hydrogens (tertiary/aromatic N) is 5. The third kappa shape index (κ3) is 4.23. The van der Waals surface area contributed by atoms with Crippen LogP contribution in [0.15, 0.2) is 29.3 Å². The normalized spacial score (nSPS) is 17.1. The Bertz CT molecular complexity index is 1480. The summed E-state index contributed by atoms with van der Waals surface area (Å²) >= 11 is 0. The molecule has 0 radical (unpaired) electrons. The first-order valence-corrected chi connectivity index (χ1v) is 11.5. The highest BCUT2D eigenvalue weighted by Gasteiger charge is 2.40. The Labute approximate surface area is 209 Å². The lowest BCUT2D eigenvalue weighted by atomic mass is 9.77. The van der Waals surface area contributed by atoms with Gasteiger partial charge in [0.2, 0.25) is 5.91 Å². The Morgan fingerprint density at radius 2 is 1.95 bits per heavy atom. The second-order valence-electron chi connectivity index (χ2n) is 9.19. The quantitative estimate of drug-likeness (QED) is 0.392. The van der Waals surface area contributed by atoms with Crippen LogP contribution in [-0.2, 0) is 40.1 Å². The number of halogens is 3. The highest BCUT2D eigenvalue weighted by atomic mass is 19.4. The van der Waals surface area contributed by atoms with E-state index in [1.54, 1.807) is 23.1 Å². The SMILES string of the molecule is COC(=O)C1CC(C(=O)N2Cc3c(NCc4cc(N)cc(C(F)(F)F)c4)nc4nnc(C)n4c3C2)=C1C. The van der Waals surface area contributed by atoms with Crippen molar-refractivity contribution in [3.8, 4) is 0 Å². The fraction of sp³-hybridized carbons (Fsp3) is 0.375. The number of carbonyl (C=O) groups excluding carboxylic acids is 2. The van der Waals surface area contributed by atoms with Gasteiger partial charge in [0.05, 0.1) is 37.4 Å². The third-order valence-corrected chi connectivity index (χ3v) is 6.85. The number of aromatic nitrogens is 4. The summed E-state index contributed by atoms with van der Waals surface area (Å²) < 4.78 is 46.2. The van der Waals surface area contributed by atoms with Crippen molar-refractivity contribution in [1.29, 1.82) is 0 Å². The van der Waals surface area contributed by atoms with Gasteiger partial charge < -0.3 is 20.7 Å². The molecular weight excluding hydrogens is 491 g/mol. The van der Waals surface area contributed by atoms with E-state index in [0.29, 0.717) is 46.1 Å². The number of fused-ring (bicyclic) bond motifs is 3. The van der Waals surface area contributed by atoms with E-state index >= 15 is 0 Å². The number of nitrogens with two attached hydrogens (primary N) is 1. The predicted octanol–water partition coefficient (Wildman–Crippen LogP) is 3.00. The molecule has 1 aromatic carbocycles. The number of rotatable bonds is 5. The number of aryl methyl sites for hydroxylation is 1. The number of anilines is 2. The second kappa shape index (κ2) is 8.75. The molecule has 0 spiro atoms. The van der Waals surface area contributed by atoms with Crippen molar-refractivity contribution >= 4 is 29.2 Å². The maximum Gasteiger partial charge on any atom is 0.416 e. The van der Waals surface area contributed by atoms with Gasteiger partial charge in [-0.25, -0.2) is 0 Å². The molecule has 1 atom stereocenters. The van der Waals surface area contributed by atoms with Crippen LogP contribution in [0.1, 0.15) is 41.6 Å². The molecule has 3 heterocycles. The molecule has 37 heavy (non-hydrogen) atoms. The molecule has 1 aliphatic carbocycles. The summed E-state index contributed by atoms with van der Waals surface area (Å²) in [6.45, 7) is 4.03. The van der Waals surface area contributed by atoms with Gasteiger partial charge in [0.25, 0.3) is 5.78 Å². The number of carbonyl (C=O) groups is 2. The molecule has 2 aromatic heterocycles. The standard InChI is InChI=1S/C24H24F3N7O3/c1-11-16(7-17(11)22(36)37-3)21(35)33-9-18-19(10-33)34-12(2)31-32-23(34)30-20(18)29-8-13-4-14(24(25,26)27)6-15(28)5-13/h4-6,17H,7-10,28H2,1-3H3,(H,29,30,32). The minimum Gasteiger partial charge on any atom is -0.469 e. The van der Waals surface area contributed by atoms with Gasteiger partial charge >= 0.3 is 12.1 Å². The molecule has 1 unspecified atom stereocenters. The van der Waals surface area contributed by atoms with Crippen LogP contribution in [0, 0.1) is 12.8 Å². The maximum atomic E-state index is 13.3. The Balaban J connectivity index is 1.44. The zero-order chi connectivity index (χ0) is 26.6. The number of nitrogens with one attached hydrogen (secondary N) is 1. The van der Waals surface area contributed by atoms with Crippen molar-refractivity contribution in [2.75, 3.05) is 18.2 Å². The minimum absolute atomic E-state index is 0.000444. The van der Waals surface area contributed by atoms with E-state index in [2.05, 4.69) is 20.5 Å². The van der Waals surface area contributed by atoms with Crippen LogP contribution < -0.4 is 11.1 Å². The molecule has 2 aliphatic rings. The van der Waals surface area contributed by atoms with Gasteiger partial charge in [-0.05, 0) is 44.0 Å². The monoisotopic (exact) mass is 515 g/mol. The number of alkyl halides is 3. The molecule has 0 fully saturated rings. The van der Waals surface area contributed by atoms with Crippen molar-refractivity contribution in [2.24, 2.45) is 5.92 Å². The maximum absolute atomic E-state index is 13.3. The van der Waals surface area contributed by atoms with Crippen molar-refractivity contribution in [2.45, 2.75) is 46.1 Å². The lowest BCUT2D eigenvalue weighted by Crippen LogP contribution is -2.36. The molecule has 1 aliphatic heterocycles. The van der Waals surface area contributed by atoms with Crippen LogP contribution in [-0.4, -0.2) is 43.5 Å². The topological polar surface area (TPSA) is 128 Å². The van der Waals surface area contributed by atoms with Gasteiger partial charge in [0.15, 0.2) is 0 Å². The lowest BCUT2D eigenvalue weighted by molar-refractivity contribution is -0.145. The number of nitrogen functional groups attached to an aromatic ring is 1. The third-order valence-electron chi connectivity index (χ3n) is 6.85. The van der Waals surface area contributed by atoms with Crippen LogP contribution in [0.4, 0.5) is 24.7 Å². The number of methoxy groups -OCH3 is 1. The average molecular weight is 515 g/mol. The Kier molecular flexibility index (Phi) is 5.80. The summed E-state index contributed by atoms with van der Waals surface area (Å²) in [7, 11) is 1.31. The Morgan fingerprint density at radius 1 is 1.19 bits per heavy atom. The van der Waals surface area contributed by atoms with Crippen LogP contribution in [0.25, 0.3) is 5.78 Å². The second-order valence-corrected chi connectivity index (χ2v) is 9.19. The van der Waals surface area contributed by atoms with Gasteiger partial charge in [-0.3, -0.25) is 14.0 Å². The summed E-state index contributed by atoms with van der Waals surface area (Å²) in [6, 6.07) is 3.38. The van der Waals surface area contributed by atoms with Crippen molar-refractivity contribution < 1.29 is 27.5 Å². The van der Waals surface area contributed by atoms with Crippen LogP contribution >= 0.6 is 0 Å². The molecule has 194 valence electrons. The fourth-order valence-corrected chi connectivity index (χ4v) is 4.84. The van der Waals surface area contributed by atoms with Gasteiger partial charge in [0, 0.05) is 23.4 Å². The number of ether oxygens (including phenoxy) is 1. The Hall–Kier alpha value is -4.16. The summed E-state index contributed by atoms with van der Waals surface area (Å²) in [4.78, 5) is 31.3. The molecule has 13 heteroatoms. The van der Waals surface area contributed by atoms with Crippen LogP contribution in [0.2, 0.25) is 0 Å². The smallest absolute Gasteiger partial charge is 0.416 e. The Morgan fingerprint density at radius 3 is 2.62 bits per heavy atom. The van der Waals surface area contributed by atoms with Crippen molar-refractivity contribution in [3.63, 3.8) is 0 Å². The minimum atomic E-state index is -4.52. The number of hydrogen-bond acceptors (Lipinski definition) is 8. The lowest BCUT2D eigenvalue weighted by Gasteiger charge is -2.31. The first-order valence-electron chi connectivity index (χ1n) is 11.5. The number of hydrogen-bond donors (Lipinski definition) is 2. The summed E-state index contributed by atoms with van der Waals surface area (Å²) in [5, 5.41) is 11.3. The zero-order valence-corrected chi connectivity index (χ0v) is 20.3. The molecule has 0 saturated carbocycles. The summed E-state index contributed by atoms with van der Waals surface area (Å²) in [5.74, 6) is 0.319. The molecular formula is C24H24F3N7O3. The van der Waals surface area contributed by atoms with Crippen molar-refractivity contribution in [1.82, 2.24) is 24.5 Å². The largest absolute Gasteiger partial charge is 0.469 e. The van der Waals surface area contributed by atoms with Crippen LogP contribution in [0.5, 0.6) is 0 Å². The van der Waals surface area contributed by atoms with Gasteiger partial charge in [-0.2, -0.15) is 18.2 Å². The molecule has 1 amide bonds. The van der Waals surface area contributed by atoms with E-state index in [1.165, 1.54) is 13.2 Å². The average Bonchev–Trinajstić information content (AvgIpc) is 3.44. The predicted molar refractivity (Wildman–Crippen MR) is 126 cm³/mol. The van der Waals surface area contributed by atoms with E-state index in [4.69, 9.17) is 10.5 Å². The van der Waals surface area contributed by atoms with Crippen molar-refractivity contribution in [3.05, 3.63) is 57.6 Å². The molecule has 0 saturated heterocycles. The first kappa shape index (κ1) is 24.5. The van der Waals surface area contributed by atoms with Gasteiger partial charge in [-0.15, -0.1) is 10.2 Å². The molecule has 0 bridgehead atoms. The summed E-state index contributed by atoms with van der Waals surface area (Å²) in [5.41, 5.74) is 7.92. The molecule has 10 nitrogen and oxygen atoms in total. The van der Waals surface area contributed by atoms with E-state index in [-0.39, 0.29) is 37.2 Å². The highest BCUT2D eigenvalue weighted by molar-refractivity contribution is 5.99. The van der Waals surface area contributed by atoms with E-state index in [1.807, 2.05) is 0 Å². The van der Waals surface area contributed by atoms with Gasteiger partial charge in [0.1, 0.15) is 11.6 Å². The van der Waals surface area contributed by atoms with Gasteiger partial charge in [-0.1, -0.05) is 5.57 Å². The highest BCUT2D eigenvalue weighted by Crippen LogP contribution is 2.39.